The number of para-hydroxylation sites is 3. The summed E-state index contributed by atoms with van der Waals surface area (Å²) in [7, 11) is -3.51. The minimum atomic E-state index is -3.51. The van der Waals surface area contributed by atoms with E-state index >= 15 is 0 Å². The molecule has 1 aliphatic carbocycles. The lowest BCUT2D eigenvalue weighted by molar-refractivity contribution is -0.127. The number of hydrogen-bond acceptors (Lipinski definition) is 19. The highest BCUT2D eigenvalue weighted by Crippen LogP contribution is 2.40. The second kappa shape index (κ2) is 30.9. The molecule has 2 atom stereocenters. The number of benzene rings is 6. The molecule has 15 rings (SSSR count). The number of hydrogen-bond donors (Lipinski definition) is 4. The molecule has 2 amide bonds. The Morgan fingerprint density at radius 3 is 1.24 bits per heavy atom. The number of ether oxygens (including phenoxy) is 3. The molecule has 2 aliphatic heterocycles. The van der Waals surface area contributed by atoms with Crippen molar-refractivity contribution in [3.63, 3.8) is 0 Å². The second-order valence-electron chi connectivity index (χ2n) is 24.7. The Bertz CT molecular complexity index is 5090. The summed E-state index contributed by atoms with van der Waals surface area (Å²) in [6, 6.07) is 52.0. The molecule has 0 radical (unpaired) electrons. The Balaban J connectivity index is 0.000000137. The molecule has 6 aromatic carbocycles. The molecule has 6 aromatic heterocycles. The van der Waals surface area contributed by atoms with Crippen LogP contribution in [0.5, 0.6) is 34.5 Å². The van der Waals surface area contributed by atoms with Gasteiger partial charge in [-0.15, -0.1) is 0 Å². The first-order valence-corrected chi connectivity index (χ1v) is 35.2. The molecule has 3 fully saturated rings. The Kier molecular flexibility index (Phi) is 20.7. The van der Waals surface area contributed by atoms with Gasteiger partial charge in [-0.3, -0.25) is 9.59 Å². The number of rotatable bonds is 17. The van der Waals surface area contributed by atoms with Crippen LogP contribution >= 0.6 is 0 Å². The minimum absolute atomic E-state index is 0.00851. The van der Waals surface area contributed by atoms with Crippen LogP contribution in [0.3, 0.4) is 0 Å². The minimum Gasteiger partial charge on any atom is -0.457 e. The van der Waals surface area contributed by atoms with Crippen molar-refractivity contribution in [2.24, 2.45) is 0 Å². The van der Waals surface area contributed by atoms with Crippen LogP contribution < -0.4 is 36.7 Å². The van der Waals surface area contributed by atoms with Crippen molar-refractivity contribution in [3.05, 3.63) is 220 Å². The predicted molar refractivity (Wildman–Crippen MR) is 393 cm³/mol. The number of allylic oxidation sites excluding steroid dienone is 1. The smallest absolute Gasteiger partial charge is 0.246 e. The number of fused-ring (bicyclic) bond motifs is 3. The number of nitrogens with two attached hydrogens (primary N) is 3. The van der Waals surface area contributed by atoms with E-state index in [0.29, 0.717) is 71.6 Å². The maximum absolute atomic E-state index is 12.4. The van der Waals surface area contributed by atoms with Crippen LogP contribution in [0.2, 0.25) is 0 Å². The number of aromatic nitrogens is 12. The Morgan fingerprint density at radius 1 is 0.480 bits per heavy atom. The summed E-state index contributed by atoms with van der Waals surface area (Å²) in [5, 5.41) is 20.8. The number of nitrogens with one attached hydrogen (secondary N) is 1. The van der Waals surface area contributed by atoms with E-state index in [0.717, 1.165) is 130 Å². The largest absolute Gasteiger partial charge is 0.457 e. The quantitative estimate of drug-likeness (QED) is 0.0615. The van der Waals surface area contributed by atoms with E-state index in [9.17, 15) is 18.0 Å². The first kappa shape index (κ1) is 68.4. The van der Waals surface area contributed by atoms with E-state index in [4.69, 9.17) is 46.7 Å². The lowest BCUT2D eigenvalue weighted by Crippen LogP contribution is -2.40. The highest BCUT2D eigenvalue weighted by atomic mass is 32.2. The van der Waals surface area contributed by atoms with Crippen molar-refractivity contribution < 1.29 is 32.2 Å². The molecule has 8 heterocycles. The lowest BCUT2D eigenvalue weighted by atomic mass is 9.91. The van der Waals surface area contributed by atoms with Gasteiger partial charge in [0.1, 0.15) is 88.0 Å². The third-order valence-electron chi connectivity index (χ3n) is 18.1. The van der Waals surface area contributed by atoms with Crippen LogP contribution in [-0.4, -0.2) is 121 Å². The third kappa shape index (κ3) is 15.3. The third-order valence-corrected chi connectivity index (χ3v) is 19.6. The summed E-state index contributed by atoms with van der Waals surface area (Å²) < 4.78 is 49.5. The van der Waals surface area contributed by atoms with Crippen molar-refractivity contribution in [2.45, 2.75) is 82.5 Å². The van der Waals surface area contributed by atoms with Gasteiger partial charge >= 0.3 is 0 Å². The number of sulfonamides is 1. The maximum Gasteiger partial charge on any atom is 0.246 e. The molecule has 0 bridgehead atoms. The Labute approximate surface area is 589 Å². The van der Waals surface area contributed by atoms with Crippen LogP contribution in [0.4, 0.5) is 17.5 Å². The van der Waals surface area contributed by atoms with Gasteiger partial charge < -0.3 is 41.6 Å². The SMILES string of the molecule is C/C=C/C(=O)N1CCCC(n2nc(-c3ccc(Oc4ccccc4)cc3)c3c(N)ncnc32)C1.C=CC(=O)NC1CCC(n2nc(-c3ccc(Oc4ccccc4)cc3)c3c(N)ncnc32)CC1.C=CS(=O)(=O)N1CCCC(n2nc(-c3ccc(Oc4ccccc4)cc3)c3c(N)ncnc32)C1. The maximum atomic E-state index is 12.4. The summed E-state index contributed by atoms with van der Waals surface area (Å²) in [4.78, 5) is 52.0. The fraction of sp³-hybridized carbons (Fsp3) is 0.224. The van der Waals surface area contributed by atoms with Crippen LogP contribution in [0.15, 0.2) is 220 Å². The van der Waals surface area contributed by atoms with E-state index in [-0.39, 0.29) is 36.0 Å². The fourth-order valence-corrected chi connectivity index (χ4v) is 14.0. The van der Waals surface area contributed by atoms with Crippen molar-refractivity contribution in [2.75, 3.05) is 43.4 Å². The zero-order valence-corrected chi connectivity index (χ0v) is 56.9. The zero-order chi connectivity index (χ0) is 70.7. The monoisotopic (exact) mass is 1380 g/mol. The van der Waals surface area contributed by atoms with E-state index in [1.165, 1.54) is 29.4 Å². The molecule has 1 saturated carbocycles. The number of likely N-dealkylation sites (tertiary alicyclic amines) is 1. The lowest BCUT2D eigenvalue weighted by Gasteiger charge is -2.32. The number of nitrogen functional groups attached to an aromatic ring is 3. The van der Waals surface area contributed by atoms with Gasteiger partial charge in [-0.2, -0.15) is 19.6 Å². The number of amides is 2. The predicted octanol–water partition coefficient (Wildman–Crippen LogP) is 13.2. The van der Waals surface area contributed by atoms with Gasteiger partial charge in [0.25, 0.3) is 0 Å². The summed E-state index contributed by atoms with van der Waals surface area (Å²) >= 11 is 0. The van der Waals surface area contributed by atoms with Gasteiger partial charge in [0, 0.05) is 54.3 Å². The van der Waals surface area contributed by atoms with Gasteiger partial charge in [0.2, 0.25) is 21.8 Å². The molecular formula is C76H76N18O7S. The normalized spacial score (nSPS) is 17.0. The molecule has 2 unspecified atom stereocenters. The van der Waals surface area contributed by atoms with Gasteiger partial charge in [-0.25, -0.2) is 52.4 Å². The van der Waals surface area contributed by atoms with Crippen LogP contribution in [0.1, 0.15) is 76.4 Å². The van der Waals surface area contributed by atoms with Gasteiger partial charge in [0.05, 0.1) is 34.3 Å². The highest BCUT2D eigenvalue weighted by Gasteiger charge is 2.33. The zero-order valence-electron chi connectivity index (χ0n) is 56.1. The first-order chi connectivity index (χ1) is 49.7. The number of piperidine rings is 2. The van der Waals surface area contributed by atoms with Crippen molar-refractivity contribution >= 4 is 72.4 Å². The molecule has 3 aliphatic rings. The average molecular weight is 1390 g/mol. The van der Waals surface area contributed by atoms with Gasteiger partial charge in [-0.1, -0.05) is 73.8 Å². The molecule has 12 aromatic rings. The average Bonchev–Trinajstić information content (AvgIpc) is 1.62. The number of carbonyl (C=O) groups is 2. The Morgan fingerprint density at radius 2 is 0.853 bits per heavy atom. The summed E-state index contributed by atoms with van der Waals surface area (Å²) in [6.45, 7) is 10.9. The fourth-order valence-electron chi connectivity index (χ4n) is 13.1. The molecular weight excluding hydrogens is 1310 g/mol. The van der Waals surface area contributed by atoms with Crippen molar-refractivity contribution in [1.29, 1.82) is 0 Å². The molecule has 26 heteroatoms. The highest BCUT2D eigenvalue weighted by molar-refractivity contribution is 7.92. The summed E-state index contributed by atoms with van der Waals surface area (Å²) in [5.41, 5.74) is 25.5. The van der Waals surface area contributed by atoms with Crippen LogP contribution in [-0.2, 0) is 19.6 Å². The first-order valence-electron chi connectivity index (χ1n) is 33.7. The summed E-state index contributed by atoms with van der Waals surface area (Å²) in [6.07, 6.45) is 15.8. The second-order valence-corrected chi connectivity index (χ2v) is 26.6. The Hall–Kier alpha value is -12.2. The van der Waals surface area contributed by atoms with E-state index in [2.05, 4.69) is 48.4 Å². The molecule has 518 valence electrons. The number of nitrogens with zero attached hydrogens (tertiary/aromatic N) is 14. The summed E-state index contributed by atoms with van der Waals surface area (Å²) in [5.74, 6) is 5.47. The van der Waals surface area contributed by atoms with Gasteiger partial charge in [-0.05, 0) is 180 Å². The van der Waals surface area contributed by atoms with E-state index in [1.54, 1.807) is 16.8 Å². The topological polar surface area (TPSA) is 323 Å². The molecule has 102 heavy (non-hydrogen) atoms. The molecule has 2 saturated heterocycles. The standard InChI is InChI=1S/2C26H26N6O2.C24H24N6O3S/c1-2-7-22(33)31-15-6-8-19(16-31)32-26-23(25(27)28-17-29-26)24(30-32)18-11-13-21(14-12-18)34-20-9-4-3-5-10-20;1-2-22(33)30-18-10-12-19(13-11-18)32-26-23(25(27)28-16-29-26)24(31-32)17-8-14-21(15-9-17)34-20-6-4-3-5-7-20;1-2-34(31,32)29-14-6-7-18(15-29)30-24-21(23(25)26-16-27-24)22(28-30)17-10-12-20(13-11-17)33-19-8-4-3-5-9-19/h2-5,7,9-14,17,19H,6,8,15-16H2,1H3,(H2,27,28,29);2-9,14-16,18-19H,1,10-13H2,(H,30,33)(H2,27,28,29);2-5,8-13,16,18H,1,6-7,14-15H2,(H2,25,26,27)/b7-2+;;. The van der Waals surface area contributed by atoms with Crippen molar-refractivity contribution in [3.8, 4) is 68.3 Å². The van der Waals surface area contributed by atoms with E-state index in [1.807, 2.05) is 185 Å². The van der Waals surface area contributed by atoms with E-state index < -0.39 is 10.0 Å². The number of carbonyl (C=O) groups excluding carboxylic acids is 2. The molecule has 25 nitrogen and oxygen atoms in total. The number of anilines is 3. The van der Waals surface area contributed by atoms with Gasteiger partial charge in [0.15, 0.2) is 16.9 Å². The molecule has 7 N–H and O–H groups in total. The van der Waals surface area contributed by atoms with Crippen molar-refractivity contribution in [1.82, 2.24) is 73.8 Å². The van der Waals surface area contributed by atoms with Crippen LogP contribution in [0.25, 0.3) is 66.9 Å². The van der Waals surface area contributed by atoms with Crippen LogP contribution in [0, 0.1) is 0 Å². The molecule has 0 spiro atoms.